The van der Waals surface area contributed by atoms with Crippen molar-refractivity contribution >= 4 is 17.8 Å². The van der Waals surface area contributed by atoms with Gasteiger partial charge < -0.3 is 20.1 Å². The van der Waals surface area contributed by atoms with E-state index >= 15 is 0 Å². The Kier molecular flexibility index (Phi) is 7.39. The highest BCUT2D eigenvalue weighted by atomic mass is 16.5. The summed E-state index contributed by atoms with van der Waals surface area (Å²) in [5.41, 5.74) is 1.42. The molecule has 0 spiro atoms. The molecule has 0 aliphatic carbocycles. The zero-order valence-corrected chi connectivity index (χ0v) is 20.5. The number of nitrogens with zero attached hydrogens (tertiary/aromatic N) is 2. The minimum absolute atomic E-state index is 0.171. The molecule has 1 fully saturated rings. The molecule has 9 nitrogen and oxygen atoms in total. The van der Waals surface area contributed by atoms with E-state index in [1.165, 1.54) is 7.11 Å². The van der Waals surface area contributed by atoms with Crippen LogP contribution >= 0.6 is 0 Å². The molecule has 4 rings (SSSR count). The van der Waals surface area contributed by atoms with Crippen molar-refractivity contribution in [3.05, 3.63) is 95.1 Å². The van der Waals surface area contributed by atoms with Gasteiger partial charge in [-0.1, -0.05) is 48.5 Å². The van der Waals surface area contributed by atoms with E-state index in [0.29, 0.717) is 29.2 Å². The molecule has 1 heterocycles. The Morgan fingerprint density at radius 3 is 2.43 bits per heavy atom. The second-order valence-electron chi connectivity index (χ2n) is 8.67. The van der Waals surface area contributed by atoms with E-state index in [1.54, 1.807) is 49.4 Å². The van der Waals surface area contributed by atoms with Crippen LogP contribution in [0.1, 0.15) is 29.2 Å². The van der Waals surface area contributed by atoms with Crippen molar-refractivity contribution in [2.75, 3.05) is 13.7 Å². The lowest BCUT2D eigenvalue weighted by Crippen LogP contribution is -2.43. The van der Waals surface area contributed by atoms with Gasteiger partial charge >= 0.3 is 6.03 Å². The van der Waals surface area contributed by atoms with Gasteiger partial charge in [-0.25, -0.2) is 4.79 Å². The Balaban J connectivity index is 1.35. The number of rotatable bonds is 9. The molecular weight excluding hydrogens is 472 g/mol. The minimum Gasteiger partial charge on any atom is -0.493 e. The van der Waals surface area contributed by atoms with Crippen LogP contribution in [0.15, 0.2) is 72.8 Å². The molecule has 0 radical (unpaired) electrons. The van der Waals surface area contributed by atoms with Crippen LogP contribution in [0.2, 0.25) is 0 Å². The van der Waals surface area contributed by atoms with Crippen LogP contribution in [-0.2, 0) is 28.3 Å². The second-order valence-corrected chi connectivity index (χ2v) is 8.67. The largest absolute Gasteiger partial charge is 0.493 e. The normalized spacial score (nSPS) is 16.6. The second kappa shape index (κ2) is 10.8. The Morgan fingerprint density at radius 1 is 1.03 bits per heavy atom. The maximum Gasteiger partial charge on any atom is 0.325 e. The summed E-state index contributed by atoms with van der Waals surface area (Å²) < 4.78 is 11.3. The van der Waals surface area contributed by atoms with Crippen molar-refractivity contribution in [3.63, 3.8) is 0 Å². The number of hydrogen-bond donors (Lipinski definition) is 2. The van der Waals surface area contributed by atoms with Gasteiger partial charge in [0.25, 0.3) is 5.91 Å². The Labute approximate surface area is 214 Å². The molecule has 4 amide bonds. The maximum absolute atomic E-state index is 13.1. The first-order valence-electron chi connectivity index (χ1n) is 11.6. The number of urea groups is 1. The van der Waals surface area contributed by atoms with E-state index in [-0.39, 0.29) is 6.54 Å². The summed E-state index contributed by atoms with van der Waals surface area (Å²) in [7, 11) is 1.54. The van der Waals surface area contributed by atoms with Crippen molar-refractivity contribution in [3.8, 4) is 17.6 Å². The third-order valence-electron chi connectivity index (χ3n) is 6.12. The number of methoxy groups -OCH3 is 1. The molecule has 1 aliphatic heterocycles. The first-order valence-corrected chi connectivity index (χ1v) is 11.6. The van der Waals surface area contributed by atoms with Crippen LogP contribution in [0.5, 0.6) is 11.5 Å². The maximum atomic E-state index is 13.1. The topological polar surface area (TPSA) is 121 Å². The van der Waals surface area contributed by atoms with Crippen molar-refractivity contribution < 1.29 is 23.9 Å². The number of carbonyl (C=O) groups is 3. The zero-order chi connectivity index (χ0) is 26.4. The summed E-state index contributed by atoms with van der Waals surface area (Å²) in [6, 6.07) is 22.8. The van der Waals surface area contributed by atoms with Gasteiger partial charge in [-0.2, -0.15) is 5.26 Å². The first kappa shape index (κ1) is 25.3. The summed E-state index contributed by atoms with van der Waals surface area (Å²) in [6.45, 7) is 1.71. The van der Waals surface area contributed by atoms with Crippen molar-refractivity contribution in [1.82, 2.24) is 15.5 Å². The fourth-order valence-corrected chi connectivity index (χ4v) is 3.99. The van der Waals surface area contributed by atoms with Crippen LogP contribution in [0.3, 0.4) is 0 Å². The molecule has 1 unspecified atom stereocenters. The predicted molar refractivity (Wildman–Crippen MR) is 134 cm³/mol. The quantitative estimate of drug-likeness (QED) is 0.437. The van der Waals surface area contributed by atoms with Gasteiger partial charge in [-0.3, -0.25) is 14.5 Å². The standard InChI is InChI=1S/C28H26N4O5/c1-28(22-11-8-19(15-29)9-12-22)26(34)32(27(35)31-28)17-25(33)30-16-21-10-13-23(24(14-21)36-2)37-18-20-6-4-3-5-7-20/h3-14H,16-18H2,1-2H3,(H,30,33)(H,31,35). The SMILES string of the molecule is COc1cc(CNC(=O)CN2C(=O)NC(C)(c3ccc(C#N)cc3)C2=O)ccc1OCc1ccccc1. The minimum atomic E-state index is -1.33. The average Bonchev–Trinajstić information content (AvgIpc) is 3.15. The number of hydrogen-bond acceptors (Lipinski definition) is 6. The van der Waals surface area contributed by atoms with Gasteiger partial charge in [0.05, 0.1) is 18.7 Å². The summed E-state index contributed by atoms with van der Waals surface area (Å²) in [6.07, 6.45) is 0. The molecule has 0 bridgehead atoms. The van der Waals surface area contributed by atoms with Gasteiger partial charge in [0.15, 0.2) is 11.5 Å². The van der Waals surface area contributed by atoms with Crippen molar-refractivity contribution in [2.45, 2.75) is 25.6 Å². The molecule has 1 atom stereocenters. The summed E-state index contributed by atoms with van der Waals surface area (Å²) in [5.74, 6) is 0.0627. The van der Waals surface area contributed by atoms with Crippen LogP contribution in [0, 0.1) is 11.3 Å². The molecule has 0 saturated carbocycles. The molecule has 3 aromatic carbocycles. The molecule has 3 aromatic rings. The number of benzene rings is 3. The molecule has 1 aliphatic rings. The highest BCUT2D eigenvalue weighted by Gasteiger charge is 2.49. The lowest BCUT2D eigenvalue weighted by Gasteiger charge is -2.22. The van der Waals surface area contributed by atoms with Crippen LogP contribution in [-0.4, -0.2) is 36.4 Å². The summed E-state index contributed by atoms with van der Waals surface area (Å²) in [5, 5.41) is 14.4. The molecule has 188 valence electrons. The lowest BCUT2D eigenvalue weighted by molar-refractivity contribution is -0.134. The average molecular weight is 499 g/mol. The molecule has 37 heavy (non-hydrogen) atoms. The number of nitrogens with one attached hydrogen (secondary N) is 2. The third-order valence-corrected chi connectivity index (χ3v) is 6.12. The number of imide groups is 1. The lowest BCUT2D eigenvalue weighted by atomic mass is 9.91. The molecule has 2 N–H and O–H groups in total. The van der Waals surface area contributed by atoms with Gasteiger partial charge in [-0.15, -0.1) is 0 Å². The van der Waals surface area contributed by atoms with Gasteiger partial charge in [0.1, 0.15) is 18.7 Å². The van der Waals surface area contributed by atoms with Crippen molar-refractivity contribution in [1.29, 1.82) is 5.26 Å². The fraction of sp³-hybridized carbons (Fsp3) is 0.214. The van der Waals surface area contributed by atoms with E-state index in [0.717, 1.165) is 16.0 Å². The van der Waals surface area contributed by atoms with Crippen LogP contribution in [0.4, 0.5) is 4.79 Å². The number of amides is 4. The van der Waals surface area contributed by atoms with Gasteiger partial charge in [0.2, 0.25) is 5.91 Å². The number of carbonyl (C=O) groups excluding carboxylic acids is 3. The first-order chi connectivity index (χ1) is 17.8. The van der Waals surface area contributed by atoms with E-state index in [2.05, 4.69) is 10.6 Å². The summed E-state index contributed by atoms with van der Waals surface area (Å²) >= 11 is 0. The predicted octanol–water partition coefficient (Wildman–Crippen LogP) is 3.23. The Hall–Kier alpha value is -4.84. The fourth-order valence-electron chi connectivity index (χ4n) is 3.99. The van der Waals surface area contributed by atoms with Crippen molar-refractivity contribution in [2.24, 2.45) is 0 Å². The highest BCUT2D eigenvalue weighted by Crippen LogP contribution is 2.30. The van der Waals surface area contributed by atoms with E-state index in [1.807, 2.05) is 36.4 Å². The van der Waals surface area contributed by atoms with Crippen LogP contribution < -0.4 is 20.1 Å². The van der Waals surface area contributed by atoms with Gasteiger partial charge in [-0.05, 0) is 47.9 Å². The molecule has 0 aromatic heterocycles. The molecule has 9 heteroatoms. The van der Waals surface area contributed by atoms with E-state index in [4.69, 9.17) is 14.7 Å². The Bertz CT molecular complexity index is 1350. The highest BCUT2D eigenvalue weighted by molar-refractivity contribution is 6.09. The third kappa shape index (κ3) is 5.54. The molecular formula is C28H26N4O5. The smallest absolute Gasteiger partial charge is 0.325 e. The van der Waals surface area contributed by atoms with Gasteiger partial charge in [0, 0.05) is 6.54 Å². The number of nitriles is 1. The Morgan fingerprint density at radius 2 is 1.76 bits per heavy atom. The summed E-state index contributed by atoms with van der Waals surface area (Å²) in [4.78, 5) is 39.1. The van der Waals surface area contributed by atoms with E-state index in [9.17, 15) is 14.4 Å². The molecule has 1 saturated heterocycles. The zero-order valence-electron chi connectivity index (χ0n) is 20.5. The monoisotopic (exact) mass is 498 g/mol. The number of ether oxygens (including phenoxy) is 2. The van der Waals surface area contributed by atoms with E-state index < -0.39 is 29.9 Å². The van der Waals surface area contributed by atoms with Crippen LogP contribution in [0.25, 0.3) is 0 Å².